The van der Waals surface area contributed by atoms with Crippen molar-refractivity contribution in [3.05, 3.63) is 54.1 Å². The molecular weight excluding hydrogens is 502 g/mol. The zero-order chi connectivity index (χ0) is 23.7. The van der Waals surface area contributed by atoms with Crippen molar-refractivity contribution in [1.82, 2.24) is 0 Å². The maximum absolute atomic E-state index is 14.3. The molecule has 2 fully saturated rings. The van der Waals surface area contributed by atoms with Gasteiger partial charge in [0.2, 0.25) is 0 Å². The van der Waals surface area contributed by atoms with Gasteiger partial charge in [-0.25, -0.2) is 18.2 Å². The van der Waals surface area contributed by atoms with Crippen LogP contribution in [0.3, 0.4) is 0 Å². The summed E-state index contributed by atoms with van der Waals surface area (Å²) in [6, 6.07) is 16.2. The van der Waals surface area contributed by atoms with Crippen LogP contribution >= 0.6 is 16.2 Å². The zero-order valence-corrected chi connectivity index (χ0v) is 24.4. The van der Waals surface area contributed by atoms with Gasteiger partial charge in [-0.3, -0.25) is 4.57 Å². The minimum absolute atomic E-state index is 0. The van der Waals surface area contributed by atoms with Crippen LogP contribution in [-0.2, 0) is 30.7 Å². The molecule has 0 bridgehead atoms. The van der Waals surface area contributed by atoms with Crippen molar-refractivity contribution in [3.8, 4) is 0 Å². The topological polar surface area (TPSA) is 35.5 Å². The van der Waals surface area contributed by atoms with Crippen LogP contribution in [-0.4, -0.2) is 17.4 Å². The summed E-state index contributed by atoms with van der Waals surface area (Å²) in [7, 11) is -2.55. The van der Waals surface area contributed by atoms with Gasteiger partial charge >= 0.3 is 24.7 Å². The normalized spacial score (nSPS) is 19.4. The molecule has 192 valence electrons. The van der Waals surface area contributed by atoms with Gasteiger partial charge in [-0.2, -0.15) is 30.3 Å². The van der Waals surface area contributed by atoms with Gasteiger partial charge in [0.15, 0.2) is 0 Å². The molecule has 2 aliphatic carbocycles. The fourth-order valence-corrected chi connectivity index (χ4v) is 9.12. The van der Waals surface area contributed by atoms with E-state index in [2.05, 4.69) is 33.8 Å². The number of hydrogen-bond donors (Lipinski definition) is 0. The van der Waals surface area contributed by atoms with Crippen LogP contribution in [0.15, 0.2) is 48.5 Å². The third-order valence-corrected chi connectivity index (χ3v) is 10.2. The van der Waals surface area contributed by atoms with Gasteiger partial charge in [-0.1, -0.05) is 71.5 Å². The second kappa shape index (κ2) is 14.5. The molecule has 0 aromatic heterocycles. The quantitative estimate of drug-likeness (QED) is 0.198. The predicted molar refractivity (Wildman–Crippen MR) is 144 cm³/mol. The molecule has 0 heterocycles. The fourth-order valence-electron chi connectivity index (χ4n) is 4.96. The Kier molecular flexibility index (Phi) is 12.8. The molecule has 0 N–H and O–H groups in total. The Balaban J connectivity index is 0.000000603. The molecule has 0 saturated heterocycles. The van der Waals surface area contributed by atoms with Crippen molar-refractivity contribution in [1.29, 1.82) is 0 Å². The Labute approximate surface area is 220 Å². The van der Waals surface area contributed by atoms with Crippen molar-refractivity contribution in [2.75, 3.05) is 0 Å². The van der Waals surface area contributed by atoms with Gasteiger partial charge in [0.05, 0.1) is 12.2 Å². The average Bonchev–Trinajstić information content (AvgIpc) is 3.49. The van der Waals surface area contributed by atoms with Crippen LogP contribution in [0.1, 0.15) is 103 Å². The first kappa shape index (κ1) is 30.0. The largest absolute Gasteiger partial charge is 2.00 e. The van der Waals surface area contributed by atoms with Gasteiger partial charge in [0, 0.05) is 0 Å². The molecule has 2 aromatic rings. The van der Waals surface area contributed by atoms with E-state index in [-0.39, 0.29) is 34.4 Å². The summed E-state index contributed by atoms with van der Waals surface area (Å²) in [5.41, 5.74) is 1.53. The Morgan fingerprint density at radius 2 is 1.44 bits per heavy atom. The van der Waals surface area contributed by atoms with Crippen LogP contribution in [0, 0.1) is 0 Å². The van der Waals surface area contributed by atoms with Crippen LogP contribution in [0.25, 0.3) is 0 Å². The predicted octanol–water partition coefficient (Wildman–Crippen LogP) is 8.86. The Bertz CT molecular complexity index is 787. The van der Waals surface area contributed by atoms with Gasteiger partial charge < -0.3 is 9.05 Å². The molecule has 2 saturated carbocycles. The standard InChI is InChI=1S/C23H39O3P2.C5H5.Fe/c1-18(27-23(2,3)4)21-16-11-17-22(21)28(24,25-19-12-7-5-8-13-19)26-20-14-9-6-10-15-20;1-2-4-5-3-1;/h11,16-20,27H,5-10,12-15H2,1-4H3;1-5H;/q2*-1;+2/t18-;;/m1../s1. The number of hydrogen-bond acceptors (Lipinski definition) is 3. The minimum atomic E-state index is -3.31. The molecule has 2 aliphatic rings. The average molecular weight is 546 g/mol. The molecule has 3 nitrogen and oxygen atoms in total. The zero-order valence-electron chi connectivity index (χ0n) is 21.4. The summed E-state index contributed by atoms with van der Waals surface area (Å²) in [5, 5.41) is 1.10. The summed E-state index contributed by atoms with van der Waals surface area (Å²) in [6.45, 7) is 9.09. The first-order chi connectivity index (χ1) is 15.8. The first-order valence-electron chi connectivity index (χ1n) is 12.9. The second-order valence-electron chi connectivity index (χ2n) is 10.7. The van der Waals surface area contributed by atoms with Gasteiger partial charge in [-0.05, 0) is 36.5 Å². The summed E-state index contributed by atoms with van der Waals surface area (Å²) in [5.74, 6) is 0. The van der Waals surface area contributed by atoms with Crippen molar-refractivity contribution >= 4 is 21.5 Å². The summed E-state index contributed by atoms with van der Waals surface area (Å²) in [6.07, 6.45) is 11.4. The van der Waals surface area contributed by atoms with E-state index in [1.165, 1.54) is 44.1 Å². The molecular formula is C28H44FeO3P2. The summed E-state index contributed by atoms with van der Waals surface area (Å²) < 4.78 is 27.0. The first-order valence-corrected chi connectivity index (χ1v) is 15.6. The number of rotatable bonds is 7. The van der Waals surface area contributed by atoms with E-state index in [1.807, 2.05) is 42.5 Å². The molecule has 0 spiro atoms. The van der Waals surface area contributed by atoms with Gasteiger partial charge in [0.25, 0.3) is 0 Å². The van der Waals surface area contributed by atoms with Gasteiger partial charge in [0.1, 0.15) is 0 Å². The maximum atomic E-state index is 14.3. The van der Waals surface area contributed by atoms with E-state index in [0.29, 0.717) is 5.66 Å². The monoisotopic (exact) mass is 546 g/mol. The Morgan fingerprint density at radius 3 is 1.85 bits per heavy atom. The van der Waals surface area contributed by atoms with Crippen molar-refractivity contribution in [2.24, 2.45) is 0 Å². The van der Waals surface area contributed by atoms with Crippen LogP contribution in [0.2, 0.25) is 0 Å². The Morgan fingerprint density at radius 1 is 0.941 bits per heavy atom. The molecule has 1 unspecified atom stereocenters. The van der Waals surface area contributed by atoms with Crippen LogP contribution in [0.4, 0.5) is 0 Å². The van der Waals surface area contributed by atoms with E-state index in [4.69, 9.17) is 9.05 Å². The third kappa shape index (κ3) is 9.69. The molecule has 4 rings (SSSR count). The second-order valence-corrected chi connectivity index (χ2v) is 15.2. The van der Waals surface area contributed by atoms with E-state index < -0.39 is 7.60 Å². The van der Waals surface area contributed by atoms with Crippen LogP contribution < -0.4 is 5.30 Å². The molecule has 6 heteroatoms. The van der Waals surface area contributed by atoms with E-state index in [1.54, 1.807) is 0 Å². The molecule has 2 atom stereocenters. The van der Waals surface area contributed by atoms with Crippen molar-refractivity contribution in [2.45, 2.75) is 115 Å². The van der Waals surface area contributed by atoms with Crippen molar-refractivity contribution in [3.63, 3.8) is 0 Å². The molecule has 34 heavy (non-hydrogen) atoms. The molecule has 2 aromatic carbocycles. The SMILES string of the molecule is C[C@@H](PC(C)(C)C)[c-]1cccc1P(=O)(OC1CCCCC1)OC1CCCCC1.[Fe+2].c1cc[cH-]c1. The smallest absolute Gasteiger partial charge is 0.303 e. The minimum Gasteiger partial charge on any atom is -0.303 e. The van der Waals surface area contributed by atoms with Crippen LogP contribution in [0.5, 0.6) is 0 Å². The third-order valence-electron chi connectivity index (χ3n) is 6.47. The van der Waals surface area contributed by atoms with Gasteiger partial charge in [-0.15, -0.1) is 14.1 Å². The fraction of sp³-hybridized carbons (Fsp3) is 0.643. The summed E-state index contributed by atoms with van der Waals surface area (Å²) >= 11 is 0. The summed E-state index contributed by atoms with van der Waals surface area (Å²) in [4.78, 5) is 0. The van der Waals surface area contributed by atoms with E-state index in [0.717, 1.165) is 39.6 Å². The van der Waals surface area contributed by atoms with Crippen molar-refractivity contribution < 1.29 is 30.7 Å². The van der Waals surface area contributed by atoms with E-state index in [9.17, 15) is 4.57 Å². The van der Waals surface area contributed by atoms with E-state index >= 15 is 0 Å². The Hall–Kier alpha value is -0.201. The molecule has 0 aliphatic heterocycles. The maximum Gasteiger partial charge on any atom is 2.00 e. The molecule has 0 amide bonds. The molecule has 0 radical (unpaired) electrons.